The summed E-state index contributed by atoms with van der Waals surface area (Å²) >= 11 is 1.51. The lowest BCUT2D eigenvalue weighted by Gasteiger charge is -2.28. The van der Waals surface area contributed by atoms with E-state index in [0.717, 1.165) is 18.5 Å². The van der Waals surface area contributed by atoms with Gasteiger partial charge in [0.15, 0.2) is 0 Å². The fraction of sp³-hybridized carbons (Fsp3) is 0.389. The van der Waals surface area contributed by atoms with Crippen LogP contribution >= 0.6 is 11.8 Å². The van der Waals surface area contributed by atoms with Crippen molar-refractivity contribution in [3.8, 4) is 6.07 Å². The maximum atomic E-state index is 12.3. The van der Waals surface area contributed by atoms with Crippen molar-refractivity contribution in [2.45, 2.75) is 25.3 Å². The van der Waals surface area contributed by atoms with Gasteiger partial charge in [-0.05, 0) is 42.9 Å². The summed E-state index contributed by atoms with van der Waals surface area (Å²) < 4.78 is 0. The molecule has 1 unspecified atom stereocenters. The van der Waals surface area contributed by atoms with E-state index in [-0.39, 0.29) is 5.57 Å². The van der Waals surface area contributed by atoms with Gasteiger partial charge in [-0.3, -0.25) is 4.79 Å². The molecule has 1 aromatic carbocycles. The van der Waals surface area contributed by atoms with Crippen LogP contribution in [0.5, 0.6) is 0 Å². The van der Waals surface area contributed by atoms with E-state index in [1.165, 1.54) is 23.5 Å². The maximum absolute atomic E-state index is 12.3. The van der Waals surface area contributed by atoms with Crippen LogP contribution in [0.15, 0.2) is 36.0 Å². The number of anilines is 1. The highest BCUT2D eigenvalue weighted by molar-refractivity contribution is 7.98. The van der Waals surface area contributed by atoms with Crippen molar-refractivity contribution in [2.24, 2.45) is 0 Å². The molecule has 6 nitrogen and oxygen atoms in total. The first-order valence-corrected chi connectivity index (χ1v) is 9.45. The number of amides is 1. The average molecular weight is 359 g/mol. The number of benzene rings is 1. The second kappa shape index (κ2) is 9.14. The van der Waals surface area contributed by atoms with Crippen molar-refractivity contribution < 1.29 is 14.7 Å². The van der Waals surface area contributed by atoms with E-state index in [2.05, 4.69) is 5.32 Å². The van der Waals surface area contributed by atoms with E-state index in [9.17, 15) is 20.0 Å². The van der Waals surface area contributed by atoms with E-state index in [0.29, 0.717) is 18.7 Å². The first-order valence-electron chi connectivity index (χ1n) is 8.06. The number of nitrogens with zero attached hydrogens (tertiary/aromatic N) is 2. The highest BCUT2D eigenvalue weighted by Crippen LogP contribution is 2.27. The molecule has 0 bridgehead atoms. The summed E-state index contributed by atoms with van der Waals surface area (Å²) in [4.78, 5) is 25.5. The third-order valence-corrected chi connectivity index (χ3v) is 4.65. The molecule has 0 saturated heterocycles. The van der Waals surface area contributed by atoms with Gasteiger partial charge in [-0.2, -0.15) is 17.0 Å². The summed E-state index contributed by atoms with van der Waals surface area (Å²) in [5.74, 6) is -1.13. The van der Waals surface area contributed by atoms with Gasteiger partial charge in [0.1, 0.15) is 17.7 Å². The molecule has 1 heterocycles. The molecule has 1 atom stereocenters. The molecule has 1 aromatic rings. The van der Waals surface area contributed by atoms with Crippen molar-refractivity contribution in [1.29, 1.82) is 5.26 Å². The maximum Gasteiger partial charge on any atom is 0.326 e. The van der Waals surface area contributed by atoms with E-state index < -0.39 is 17.9 Å². The van der Waals surface area contributed by atoms with Gasteiger partial charge in [0.05, 0.1) is 0 Å². The lowest BCUT2D eigenvalue weighted by molar-refractivity contribution is -0.141. The van der Waals surface area contributed by atoms with Crippen LogP contribution in [0.25, 0.3) is 0 Å². The Morgan fingerprint density at radius 1 is 1.48 bits per heavy atom. The van der Waals surface area contributed by atoms with Crippen LogP contribution in [0.1, 0.15) is 18.4 Å². The average Bonchev–Trinajstić information content (AvgIpc) is 2.62. The Balaban J connectivity index is 2.16. The van der Waals surface area contributed by atoms with Gasteiger partial charge < -0.3 is 15.3 Å². The Morgan fingerprint density at radius 2 is 2.24 bits per heavy atom. The first-order chi connectivity index (χ1) is 12.1. The highest BCUT2D eigenvalue weighted by atomic mass is 32.2. The molecule has 0 spiro atoms. The highest BCUT2D eigenvalue weighted by Gasteiger charge is 2.23. The van der Waals surface area contributed by atoms with Gasteiger partial charge in [-0.25, -0.2) is 4.79 Å². The number of aliphatic carboxylic acids is 1. The number of carbonyl (C=O) groups excluding carboxylic acids is 1. The molecule has 0 aliphatic carbocycles. The Hall–Kier alpha value is -2.46. The zero-order chi connectivity index (χ0) is 18.2. The Morgan fingerprint density at radius 3 is 2.92 bits per heavy atom. The summed E-state index contributed by atoms with van der Waals surface area (Å²) in [5, 5.41) is 21.0. The molecule has 132 valence electrons. The molecular formula is C18H21N3O3S. The van der Waals surface area contributed by atoms with E-state index in [1.54, 1.807) is 0 Å². The molecule has 2 rings (SSSR count). The number of carboxylic acids is 1. The van der Waals surface area contributed by atoms with E-state index >= 15 is 0 Å². The van der Waals surface area contributed by atoms with Gasteiger partial charge in [-0.15, -0.1) is 0 Å². The summed E-state index contributed by atoms with van der Waals surface area (Å²) in [6, 6.07) is 8.76. The Bertz CT molecular complexity index is 712. The molecule has 0 radical (unpaired) electrons. The first kappa shape index (κ1) is 18.9. The van der Waals surface area contributed by atoms with Crippen molar-refractivity contribution >= 4 is 29.3 Å². The second-order valence-corrected chi connectivity index (χ2v) is 6.71. The number of nitrogens with one attached hydrogen (secondary N) is 1. The summed E-state index contributed by atoms with van der Waals surface area (Å²) in [6.45, 7) is 0.713. The zero-order valence-corrected chi connectivity index (χ0v) is 14.9. The normalized spacial score (nSPS) is 15.0. The molecule has 1 amide bonds. The molecule has 7 heteroatoms. The Kier molecular flexibility index (Phi) is 6.90. The molecule has 0 fully saturated rings. The van der Waals surface area contributed by atoms with Crippen LogP contribution in [0.3, 0.4) is 0 Å². The van der Waals surface area contributed by atoms with Crippen molar-refractivity contribution in [3.05, 3.63) is 41.6 Å². The van der Waals surface area contributed by atoms with Crippen molar-refractivity contribution in [1.82, 2.24) is 5.32 Å². The minimum absolute atomic E-state index is 0.0906. The molecular weight excluding hydrogens is 338 g/mol. The van der Waals surface area contributed by atoms with Crippen molar-refractivity contribution in [3.63, 3.8) is 0 Å². The number of thioether (sulfide) groups is 1. The topological polar surface area (TPSA) is 93.4 Å². The number of carbonyl (C=O) groups is 2. The molecule has 1 aliphatic heterocycles. The molecule has 2 N–H and O–H groups in total. The quantitative estimate of drug-likeness (QED) is 0.572. The number of para-hydroxylation sites is 1. The molecule has 0 aromatic heterocycles. The monoisotopic (exact) mass is 359 g/mol. The number of carboxylic acid groups (broad SMARTS) is 1. The lowest BCUT2D eigenvalue weighted by atomic mass is 10.0. The minimum Gasteiger partial charge on any atom is -0.480 e. The lowest BCUT2D eigenvalue weighted by Crippen LogP contribution is -2.42. The van der Waals surface area contributed by atoms with Gasteiger partial charge in [0, 0.05) is 18.4 Å². The summed E-state index contributed by atoms with van der Waals surface area (Å²) in [6.07, 6.45) is 5.59. The van der Waals surface area contributed by atoms with Crippen LogP contribution < -0.4 is 10.2 Å². The Labute approximate surface area is 151 Å². The van der Waals surface area contributed by atoms with Crippen LogP contribution in [0, 0.1) is 11.3 Å². The molecule has 1 aliphatic rings. The molecule has 0 saturated carbocycles. The standard InChI is InChI=1S/C18H21N3O3S/c1-25-10-8-15(18(23)24)20-17(22)14(11-19)12-21-9-4-6-13-5-2-3-7-16(13)21/h2-3,5,7,12,15H,4,6,8-10H2,1H3,(H,20,22)(H,23,24)/b14-12-. The number of nitriles is 1. The third-order valence-electron chi connectivity index (χ3n) is 4.01. The predicted molar refractivity (Wildman–Crippen MR) is 98.4 cm³/mol. The van der Waals surface area contributed by atoms with E-state index in [4.69, 9.17) is 0 Å². The summed E-state index contributed by atoms with van der Waals surface area (Å²) in [5.41, 5.74) is 2.06. The van der Waals surface area contributed by atoms with Gasteiger partial charge in [0.2, 0.25) is 0 Å². The van der Waals surface area contributed by atoms with Crippen LogP contribution in [0.2, 0.25) is 0 Å². The third kappa shape index (κ3) is 5.00. The van der Waals surface area contributed by atoms with Crippen LogP contribution in [-0.4, -0.2) is 41.6 Å². The summed E-state index contributed by atoms with van der Waals surface area (Å²) in [7, 11) is 0. The fourth-order valence-electron chi connectivity index (χ4n) is 2.72. The smallest absolute Gasteiger partial charge is 0.326 e. The molecule has 25 heavy (non-hydrogen) atoms. The number of hydrogen-bond acceptors (Lipinski definition) is 5. The number of hydrogen-bond donors (Lipinski definition) is 2. The minimum atomic E-state index is -1.09. The second-order valence-electron chi connectivity index (χ2n) is 5.73. The van der Waals surface area contributed by atoms with Gasteiger partial charge >= 0.3 is 5.97 Å². The van der Waals surface area contributed by atoms with Crippen LogP contribution in [0.4, 0.5) is 5.69 Å². The van der Waals surface area contributed by atoms with E-state index in [1.807, 2.05) is 41.5 Å². The number of aryl methyl sites for hydroxylation is 1. The van der Waals surface area contributed by atoms with Gasteiger partial charge in [0.25, 0.3) is 5.91 Å². The fourth-order valence-corrected chi connectivity index (χ4v) is 3.19. The zero-order valence-electron chi connectivity index (χ0n) is 14.1. The number of fused-ring (bicyclic) bond motifs is 1. The van der Waals surface area contributed by atoms with Crippen molar-refractivity contribution in [2.75, 3.05) is 23.5 Å². The largest absolute Gasteiger partial charge is 0.480 e. The predicted octanol–water partition coefficient (Wildman–Crippen LogP) is 2.17. The van der Waals surface area contributed by atoms with Crippen LogP contribution in [-0.2, 0) is 16.0 Å². The number of rotatable bonds is 7. The SMILES string of the molecule is CSCCC(NC(=O)/C(C#N)=C\N1CCCc2ccccc21)C(=O)O. The van der Waals surface area contributed by atoms with Gasteiger partial charge in [-0.1, -0.05) is 18.2 Å².